The average molecular weight is 307 g/mol. The standard InChI is InChI=1S/C19H17NO3/c1-22-18-10-8-14(11-19(18)23-2)20-12-16-15-6-4-3-5-13(15)7-9-17(16)21/h3-12,21H,1-2H3. The van der Waals surface area contributed by atoms with E-state index in [9.17, 15) is 5.11 Å². The van der Waals surface area contributed by atoms with Gasteiger partial charge in [-0.3, -0.25) is 4.99 Å². The van der Waals surface area contributed by atoms with Crippen LogP contribution >= 0.6 is 0 Å². The van der Waals surface area contributed by atoms with Gasteiger partial charge in [0.05, 0.1) is 19.9 Å². The lowest BCUT2D eigenvalue weighted by molar-refractivity contribution is 0.355. The summed E-state index contributed by atoms with van der Waals surface area (Å²) in [4.78, 5) is 4.45. The summed E-state index contributed by atoms with van der Waals surface area (Å²) >= 11 is 0. The quantitative estimate of drug-likeness (QED) is 0.731. The van der Waals surface area contributed by atoms with Crippen LogP contribution in [0.4, 0.5) is 5.69 Å². The first-order chi connectivity index (χ1) is 11.2. The normalized spacial score (nSPS) is 11.0. The van der Waals surface area contributed by atoms with E-state index < -0.39 is 0 Å². The first-order valence-electron chi connectivity index (χ1n) is 7.19. The van der Waals surface area contributed by atoms with Crippen LogP contribution in [0, 0.1) is 0 Å². The van der Waals surface area contributed by atoms with E-state index in [0.29, 0.717) is 17.1 Å². The molecule has 0 fully saturated rings. The first-order valence-corrected chi connectivity index (χ1v) is 7.19. The van der Waals surface area contributed by atoms with Crippen LogP contribution in [0.2, 0.25) is 0 Å². The zero-order valence-corrected chi connectivity index (χ0v) is 13.0. The molecule has 0 saturated carbocycles. The Labute approximate surface area is 134 Å². The molecule has 0 aliphatic rings. The van der Waals surface area contributed by atoms with Gasteiger partial charge in [-0.25, -0.2) is 0 Å². The highest BCUT2D eigenvalue weighted by atomic mass is 16.5. The smallest absolute Gasteiger partial charge is 0.162 e. The predicted molar refractivity (Wildman–Crippen MR) is 92.4 cm³/mol. The minimum atomic E-state index is 0.202. The molecule has 1 N–H and O–H groups in total. The van der Waals surface area contributed by atoms with Crippen molar-refractivity contribution in [3.8, 4) is 17.2 Å². The lowest BCUT2D eigenvalue weighted by Crippen LogP contribution is -1.89. The number of methoxy groups -OCH3 is 2. The molecule has 3 rings (SSSR count). The minimum Gasteiger partial charge on any atom is -0.507 e. The van der Waals surface area contributed by atoms with E-state index in [4.69, 9.17) is 9.47 Å². The number of benzene rings is 3. The molecule has 0 aromatic heterocycles. The van der Waals surface area contributed by atoms with Crippen molar-refractivity contribution in [3.63, 3.8) is 0 Å². The Kier molecular flexibility index (Phi) is 4.15. The Balaban J connectivity index is 2.02. The highest BCUT2D eigenvalue weighted by Crippen LogP contribution is 2.31. The number of phenolic OH excluding ortho intramolecular Hbond substituents is 1. The Morgan fingerprint density at radius 3 is 2.48 bits per heavy atom. The van der Waals surface area contributed by atoms with Gasteiger partial charge >= 0.3 is 0 Å². The Bertz CT molecular complexity index is 872. The molecule has 0 amide bonds. The molecule has 116 valence electrons. The van der Waals surface area contributed by atoms with Gasteiger partial charge in [0.15, 0.2) is 11.5 Å². The molecular weight excluding hydrogens is 290 g/mol. The van der Waals surface area contributed by atoms with Crippen molar-refractivity contribution in [1.29, 1.82) is 0 Å². The number of aliphatic imine (C=N–C) groups is 1. The van der Waals surface area contributed by atoms with Crippen LogP contribution in [-0.2, 0) is 0 Å². The lowest BCUT2D eigenvalue weighted by atomic mass is 10.0. The van der Waals surface area contributed by atoms with Crippen LogP contribution < -0.4 is 9.47 Å². The molecular formula is C19H17NO3. The molecule has 0 saturated heterocycles. The lowest BCUT2D eigenvalue weighted by Gasteiger charge is -2.08. The molecule has 4 heteroatoms. The van der Waals surface area contributed by atoms with Crippen LogP contribution in [0.5, 0.6) is 17.2 Å². The van der Waals surface area contributed by atoms with E-state index in [-0.39, 0.29) is 5.75 Å². The van der Waals surface area contributed by atoms with Gasteiger partial charge in [0.25, 0.3) is 0 Å². The number of phenols is 1. The fraction of sp³-hybridized carbons (Fsp3) is 0.105. The van der Waals surface area contributed by atoms with Crippen molar-refractivity contribution in [1.82, 2.24) is 0 Å². The van der Waals surface area contributed by atoms with Crippen LogP contribution in [0.25, 0.3) is 10.8 Å². The zero-order valence-electron chi connectivity index (χ0n) is 13.0. The zero-order chi connectivity index (χ0) is 16.2. The molecule has 0 aliphatic carbocycles. The predicted octanol–water partition coefficient (Wildman–Crippen LogP) is 4.31. The van der Waals surface area contributed by atoms with Gasteiger partial charge in [0.1, 0.15) is 5.75 Å². The molecule has 0 aliphatic heterocycles. The van der Waals surface area contributed by atoms with Crippen LogP contribution in [0.15, 0.2) is 59.6 Å². The van der Waals surface area contributed by atoms with Gasteiger partial charge in [-0.15, -0.1) is 0 Å². The fourth-order valence-electron chi connectivity index (χ4n) is 2.46. The van der Waals surface area contributed by atoms with Gasteiger partial charge < -0.3 is 14.6 Å². The summed E-state index contributed by atoms with van der Waals surface area (Å²) in [6.07, 6.45) is 1.67. The maximum Gasteiger partial charge on any atom is 0.162 e. The van der Waals surface area contributed by atoms with E-state index >= 15 is 0 Å². The van der Waals surface area contributed by atoms with E-state index in [2.05, 4.69) is 4.99 Å². The highest BCUT2D eigenvalue weighted by molar-refractivity contribution is 6.03. The number of hydrogen-bond acceptors (Lipinski definition) is 4. The van der Waals surface area contributed by atoms with Crippen molar-refractivity contribution in [2.24, 2.45) is 4.99 Å². The fourth-order valence-corrected chi connectivity index (χ4v) is 2.46. The third-order valence-corrected chi connectivity index (χ3v) is 3.66. The van der Waals surface area contributed by atoms with E-state index in [1.54, 1.807) is 38.6 Å². The largest absolute Gasteiger partial charge is 0.507 e. The van der Waals surface area contributed by atoms with E-state index in [1.165, 1.54) is 0 Å². The number of fused-ring (bicyclic) bond motifs is 1. The summed E-state index contributed by atoms with van der Waals surface area (Å²) in [5, 5.41) is 12.1. The average Bonchev–Trinajstić information content (AvgIpc) is 2.60. The highest BCUT2D eigenvalue weighted by Gasteiger charge is 2.06. The third-order valence-electron chi connectivity index (χ3n) is 3.66. The molecule has 3 aromatic rings. The molecule has 23 heavy (non-hydrogen) atoms. The number of hydrogen-bond donors (Lipinski definition) is 1. The first kappa shape index (κ1) is 14.9. The topological polar surface area (TPSA) is 51.0 Å². The minimum absolute atomic E-state index is 0.202. The van der Waals surface area contributed by atoms with E-state index in [0.717, 1.165) is 16.5 Å². The number of rotatable bonds is 4. The van der Waals surface area contributed by atoms with Crippen molar-refractivity contribution in [2.75, 3.05) is 14.2 Å². The third kappa shape index (κ3) is 2.97. The molecule has 0 atom stereocenters. The summed E-state index contributed by atoms with van der Waals surface area (Å²) in [6, 6.07) is 16.9. The summed E-state index contributed by atoms with van der Waals surface area (Å²) in [5.41, 5.74) is 1.41. The van der Waals surface area contributed by atoms with Crippen LogP contribution in [-0.4, -0.2) is 25.5 Å². The number of nitrogens with zero attached hydrogens (tertiary/aromatic N) is 1. The number of ether oxygens (including phenoxy) is 2. The second kappa shape index (κ2) is 6.40. The maximum absolute atomic E-state index is 10.1. The second-order valence-electron chi connectivity index (χ2n) is 5.02. The van der Waals surface area contributed by atoms with Gasteiger partial charge in [0.2, 0.25) is 0 Å². The van der Waals surface area contributed by atoms with Gasteiger partial charge in [-0.1, -0.05) is 30.3 Å². The van der Waals surface area contributed by atoms with Crippen LogP contribution in [0.1, 0.15) is 5.56 Å². The monoisotopic (exact) mass is 307 g/mol. The second-order valence-corrected chi connectivity index (χ2v) is 5.02. The SMILES string of the molecule is COc1ccc(N=Cc2c(O)ccc3ccccc23)cc1OC. The Morgan fingerprint density at radius 1 is 0.913 bits per heavy atom. The molecule has 4 nitrogen and oxygen atoms in total. The van der Waals surface area contributed by atoms with Gasteiger partial charge in [0, 0.05) is 17.8 Å². The summed E-state index contributed by atoms with van der Waals surface area (Å²) in [6.45, 7) is 0. The van der Waals surface area contributed by atoms with Gasteiger partial charge in [-0.2, -0.15) is 0 Å². The summed E-state index contributed by atoms with van der Waals surface area (Å²) in [7, 11) is 3.18. The Morgan fingerprint density at radius 2 is 1.70 bits per heavy atom. The van der Waals surface area contributed by atoms with Crippen molar-refractivity contribution >= 4 is 22.7 Å². The van der Waals surface area contributed by atoms with Crippen LogP contribution in [0.3, 0.4) is 0 Å². The number of aromatic hydroxyl groups is 1. The molecule has 0 unspecified atom stereocenters. The Hall–Kier alpha value is -3.01. The molecule has 0 heterocycles. The molecule has 0 bridgehead atoms. The van der Waals surface area contributed by atoms with Crippen molar-refractivity contribution < 1.29 is 14.6 Å². The summed E-state index contributed by atoms with van der Waals surface area (Å²) < 4.78 is 10.5. The van der Waals surface area contributed by atoms with Crippen molar-refractivity contribution in [2.45, 2.75) is 0 Å². The summed E-state index contributed by atoms with van der Waals surface area (Å²) in [5.74, 6) is 1.47. The molecule has 3 aromatic carbocycles. The van der Waals surface area contributed by atoms with E-state index in [1.807, 2.05) is 36.4 Å². The maximum atomic E-state index is 10.1. The van der Waals surface area contributed by atoms with Crippen molar-refractivity contribution in [3.05, 3.63) is 60.2 Å². The van der Waals surface area contributed by atoms with Gasteiger partial charge in [-0.05, 0) is 29.0 Å². The molecule has 0 radical (unpaired) electrons. The molecule has 0 spiro atoms.